The van der Waals surface area contributed by atoms with E-state index in [1.807, 2.05) is 7.05 Å². The predicted molar refractivity (Wildman–Crippen MR) is 68.1 cm³/mol. The third-order valence-electron chi connectivity index (χ3n) is 4.30. The van der Waals surface area contributed by atoms with Crippen LogP contribution in [-0.4, -0.2) is 60.3 Å². The number of likely N-dealkylation sites (tertiary alicyclic amines) is 1. The zero-order valence-corrected chi connectivity index (χ0v) is 11.4. The molecule has 2 fully saturated rings. The zero-order chi connectivity index (χ0) is 12.5. The summed E-state index contributed by atoms with van der Waals surface area (Å²) in [5.41, 5.74) is -1.55. The molecule has 1 unspecified atom stereocenters. The normalized spacial score (nSPS) is 33.6. The Balaban J connectivity index is 2.24. The fraction of sp³-hybridized carbons (Fsp3) is 0.917. The summed E-state index contributed by atoms with van der Waals surface area (Å²) in [6.45, 7) is 1.69. The quantitative estimate of drug-likeness (QED) is 0.741. The van der Waals surface area contributed by atoms with Crippen LogP contribution in [0.1, 0.15) is 19.3 Å². The van der Waals surface area contributed by atoms with Crippen molar-refractivity contribution in [3.05, 3.63) is 0 Å². The van der Waals surface area contributed by atoms with Crippen LogP contribution in [0.3, 0.4) is 0 Å². The van der Waals surface area contributed by atoms with Gasteiger partial charge in [0.1, 0.15) is 5.41 Å². The SMILES string of the molecule is COC(=O)C1(C2(O)CCN(C)CC2)CCSC1. The number of piperidine rings is 1. The third-order valence-corrected chi connectivity index (χ3v) is 5.49. The second-order valence-corrected chi connectivity index (χ2v) is 6.32. The number of carbonyl (C=O) groups is 1. The highest BCUT2D eigenvalue weighted by Gasteiger charge is 2.58. The highest BCUT2D eigenvalue weighted by molar-refractivity contribution is 7.99. The van der Waals surface area contributed by atoms with Gasteiger partial charge in [-0.2, -0.15) is 11.8 Å². The van der Waals surface area contributed by atoms with Crippen LogP contribution in [-0.2, 0) is 9.53 Å². The topological polar surface area (TPSA) is 49.8 Å². The molecule has 17 heavy (non-hydrogen) atoms. The Kier molecular flexibility index (Phi) is 3.71. The summed E-state index contributed by atoms with van der Waals surface area (Å²) in [4.78, 5) is 14.3. The van der Waals surface area contributed by atoms with Gasteiger partial charge in [0.15, 0.2) is 0 Å². The lowest BCUT2D eigenvalue weighted by Gasteiger charge is -2.46. The smallest absolute Gasteiger partial charge is 0.315 e. The van der Waals surface area contributed by atoms with Gasteiger partial charge in [-0.1, -0.05) is 0 Å². The molecule has 1 atom stereocenters. The number of rotatable bonds is 2. The summed E-state index contributed by atoms with van der Waals surface area (Å²) in [7, 11) is 3.47. The number of aliphatic hydroxyl groups is 1. The lowest BCUT2D eigenvalue weighted by atomic mass is 9.66. The number of thioether (sulfide) groups is 1. The first-order valence-electron chi connectivity index (χ1n) is 6.11. The summed E-state index contributed by atoms with van der Waals surface area (Å²) < 4.78 is 4.96. The van der Waals surface area contributed by atoms with Crippen LogP contribution >= 0.6 is 11.8 Å². The highest BCUT2D eigenvalue weighted by atomic mass is 32.2. The monoisotopic (exact) mass is 259 g/mol. The molecule has 0 aromatic rings. The molecule has 2 aliphatic rings. The first kappa shape index (κ1) is 13.2. The first-order chi connectivity index (χ1) is 8.04. The van der Waals surface area contributed by atoms with Crippen molar-refractivity contribution in [3.8, 4) is 0 Å². The largest absolute Gasteiger partial charge is 0.468 e. The molecule has 4 nitrogen and oxygen atoms in total. The molecule has 2 saturated heterocycles. The van der Waals surface area contributed by atoms with E-state index in [2.05, 4.69) is 4.90 Å². The molecule has 0 radical (unpaired) electrons. The summed E-state index contributed by atoms with van der Waals surface area (Å²) in [6.07, 6.45) is 2.07. The van der Waals surface area contributed by atoms with Crippen molar-refractivity contribution in [1.82, 2.24) is 4.90 Å². The number of esters is 1. The Morgan fingerprint density at radius 1 is 1.35 bits per heavy atom. The zero-order valence-electron chi connectivity index (χ0n) is 10.6. The molecule has 2 heterocycles. The molecule has 0 aromatic heterocycles. The fourth-order valence-electron chi connectivity index (χ4n) is 2.95. The summed E-state index contributed by atoms with van der Waals surface area (Å²) in [6, 6.07) is 0. The molecular formula is C12H21NO3S. The second kappa shape index (κ2) is 4.78. The van der Waals surface area contributed by atoms with E-state index in [-0.39, 0.29) is 5.97 Å². The second-order valence-electron chi connectivity index (χ2n) is 5.21. The van der Waals surface area contributed by atoms with Gasteiger partial charge in [-0.15, -0.1) is 0 Å². The molecule has 0 aromatic carbocycles. The number of ether oxygens (including phenoxy) is 1. The van der Waals surface area contributed by atoms with E-state index < -0.39 is 11.0 Å². The van der Waals surface area contributed by atoms with Gasteiger partial charge in [0.2, 0.25) is 0 Å². The molecule has 0 amide bonds. The number of hydrogen-bond acceptors (Lipinski definition) is 5. The van der Waals surface area contributed by atoms with E-state index in [0.29, 0.717) is 18.6 Å². The van der Waals surface area contributed by atoms with Crippen LogP contribution in [0, 0.1) is 5.41 Å². The lowest BCUT2D eigenvalue weighted by molar-refractivity contribution is -0.175. The van der Waals surface area contributed by atoms with E-state index in [1.54, 1.807) is 11.8 Å². The summed E-state index contributed by atoms with van der Waals surface area (Å²) in [5.74, 6) is 1.40. The number of methoxy groups -OCH3 is 1. The van der Waals surface area contributed by atoms with E-state index in [0.717, 1.165) is 25.3 Å². The fourth-order valence-corrected chi connectivity index (χ4v) is 4.46. The minimum atomic E-state index is -0.879. The molecule has 0 saturated carbocycles. The van der Waals surface area contributed by atoms with E-state index in [9.17, 15) is 9.90 Å². The van der Waals surface area contributed by atoms with Gasteiger partial charge in [-0.05, 0) is 32.1 Å². The van der Waals surface area contributed by atoms with Crippen LogP contribution in [0.25, 0.3) is 0 Å². The summed E-state index contributed by atoms with van der Waals surface area (Å²) >= 11 is 1.74. The molecule has 5 heteroatoms. The molecule has 0 spiro atoms. The van der Waals surface area contributed by atoms with Gasteiger partial charge >= 0.3 is 5.97 Å². The Bertz CT molecular complexity index is 294. The van der Waals surface area contributed by atoms with Crippen molar-refractivity contribution in [3.63, 3.8) is 0 Å². The average molecular weight is 259 g/mol. The number of carbonyl (C=O) groups excluding carboxylic acids is 1. The Labute approximate surface area is 107 Å². The molecule has 2 aliphatic heterocycles. The van der Waals surface area contributed by atoms with Crippen molar-refractivity contribution >= 4 is 17.7 Å². The minimum Gasteiger partial charge on any atom is -0.468 e. The van der Waals surface area contributed by atoms with Crippen molar-refractivity contribution < 1.29 is 14.6 Å². The van der Waals surface area contributed by atoms with Gasteiger partial charge in [0.25, 0.3) is 0 Å². The van der Waals surface area contributed by atoms with Crippen molar-refractivity contribution in [1.29, 1.82) is 0 Å². The van der Waals surface area contributed by atoms with Crippen molar-refractivity contribution in [2.24, 2.45) is 5.41 Å². The van der Waals surface area contributed by atoms with Crippen LogP contribution in [0.5, 0.6) is 0 Å². The summed E-state index contributed by atoms with van der Waals surface area (Å²) in [5, 5.41) is 10.9. The molecule has 0 aliphatic carbocycles. The van der Waals surface area contributed by atoms with Gasteiger partial charge < -0.3 is 14.7 Å². The minimum absolute atomic E-state index is 0.227. The third kappa shape index (κ3) is 2.09. The molecular weight excluding hydrogens is 238 g/mol. The molecule has 2 rings (SSSR count). The van der Waals surface area contributed by atoms with Gasteiger partial charge in [-0.25, -0.2) is 0 Å². The number of hydrogen-bond donors (Lipinski definition) is 1. The molecule has 1 N–H and O–H groups in total. The Hall–Kier alpha value is -0.260. The maximum atomic E-state index is 12.1. The number of nitrogens with zero attached hydrogens (tertiary/aromatic N) is 1. The van der Waals surface area contributed by atoms with Crippen LogP contribution in [0.2, 0.25) is 0 Å². The van der Waals surface area contributed by atoms with Crippen LogP contribution in [0.15, 0.2) is 0 Å². The van der Waals surface area contributed by atoms with Crippen LogP contribution in [0.4, 0.5) is 0 Å². The van der Waals surface area contributed by atoms with Crippen molar-refractivity contribution in [2.75, 3.05) is 38.8 Å². The molecule has 98 valence electrons. The van der Waals surface area contributed by atoms with E-state index in [4.69, 9.17) is 4.74 Å². The maximum absolute atomic E-state index is 12.1. The predicted octanol–water partition coefficient (Wildman–Crippen LogP) is 0.739. The van der Waals surface area contributed by atoms with Crippen LogP contribution < -0.4 is 0 Å². The maximum Gasteiger partial charge on any atom is 0.315 e. The van der Waals surface area contributed by atoms with Gasteiger partial charge in [0.05, 0.1) is 12.7 Å². The Morgan fingerprint density at radius 2 is 2.00 bits per heavy atom. The average Bonchev–Trinajstić information content (AvgIpc) is 2.83. The van der Waals surface area contributed by atoms with Gasteiger partial charge in [0, 0.05) is 18.8 Å². The van der Waals surface area contributed by atoms with Crippen molar-refractivity contribution in [2.45, 2.75) is 24.9 Å². The lowest BCUT2D eigenvalue weighted by Crippen LogP contribution is -2.58. The van der Waals surface area contributed by atoms with E-state index >= 15 is 0 Å². The van der Waals surface area contributed by atoms with Gasteiger partial charge in [-0.3, -0.25) is 4.79 Å². The first-order valence-corrected chi connectivity index (χ1v) is 7.27. The highest BCUT2D eigenvalue weighted by Crippen LogP contribution is 2.49. The molecule has 0 bridgehead atoms. The van der Waals surface area contributed by atoms with E-state index in [1.165, 1.54) is 7.11 Å². The Morgan fingerprint density at radius 3 is 2.47 bits per heavy atom. The standard InChI is InChI=1S/C12H21NO3S/c1-13-6-3-12(15,4-7-13)11(10(14)16-2)5-8-17-9-11/h15H,3-9H2,1-2H3.